The fourth-order valence-electron chi connectivity index (χ4n) is 8.02. The van der Waals surface area contributed by atoms with E-state index in [0.29, 0.717) is 25.0 Å². The first-order chi connectivity index (χ1) is 20.6. The molecule has 2 aromatic rings. The molecule has 232 valence electrons. The van der Waals surface area contributed by atoms with Crippen LogP contribution < -0.4 is 10.1 Å². The summed E-state index contributed by atoms with van der Waals surface area (Å²) < 4.78 is 12.9. The number of likely N-dealkylation sites (tertiary alicyclic amines) is 1. The number of unbranched alkanes of at least 4 members (excludes halogenated alkanes) is 2. The Kier molecular flexibility index (Phi) is 9.60. The highest BCUT2D eigenvalue weighted by Crippen LogP contribution is 2.55. The van der Waals surface area contributed by atoms with E-state index < -0.39 is 11.0 Å². The Morgan fingerprint density at radius 2 is 1.72 bits per heavy atom. The third kappa shape index (κ3) is 7.67. The number of amides is 1. The van der Waals surface area contributed by atoms with Gasteiger partial charge >= 0.3 is 11.9 Å². The van der Waals surface area contributed by atoms with Crippen molar-refractivity contribution in [2.45, 2.75) is 102 Å². The van der Waals surface area contributed by atoms with Gasteiger partial charge < -0.3 is 19.3 Å². The molecule has 1 aliphatic heterocycles. The van der Waals surface area contributed by atoms with Crippen LogP contribution in [0.15, 0.2) is 54.6 Å². The summed E-state index contributed by atoms with van der Waals surface area (Å²) in [5.74, 6) is 0.717. The molecule has 0 radical (unpaired) electrons. The number of nitrogens with zero attached hydrogens (tertiary/aromatic N) is 1. The molecule has 1 amide bonds. The number of benzene rings is 2. The first-order valence-electron chi connectivity index (χ1n) is 16.3. The Bertz CT molecular complexity index is 1290. The third-order valence-electron chi connectivity index (χ3n) is 10.0. The Labute approximate surface area is 256 Å². The highest BCUT2D eigenvalue weighted by Gasteiger charge is 2.65. The van der Waals surface area contributed by atoms with Crippen LogP contribution in [0.2, 0.25) is 0 Å². The van der Waals surface area contributed by atoms with Gasteiger partial charge in [-0.3, -0.25) is 14.4 Å². The number of fused-ring (bicyclic) bond motifs is 1. The number of nitrogens with one attached hydrogen (secondary N) is 1. The Hall–Kier alpha value is -3.19. The average Bonchev–Trinajstić information content (AvgIpc) is 3.76. The summed E-state index contributed by atoms with van der Waals surface area (Å²) in [7, 11) is 2.31. The lowest BCUT2D eigenvalue weighted by Gasteiger charge is -2.60. The van der Waals surface area contributed by atoms with Crippen LogP contribution in [0.25, 0.3) is 0 Å². The molecule has 0 bridgehead atoms. The molecule has 0 aromatic heterocycles. The number of piperidine rings is 1. The summed E-state index contributed by atoms with van der Waals surface area (Å²) in [4.78, 5) is 37.7. The highest BCUT2D eigenvalue weighted by atomic mass is 16.6. The Morgan fingerprint density at radius 1 is 0.930 bits per heavy atom. The zero-order chi connectivity index (χ0) is 30.5. The van der Waals surface area contributed by atoms with E-state index in [1.54, 1.807) is 6.07 Å². The number of ether oxygens (including phenoxy) is 2. The molecule has 2 aliphatic carbocycles. The predicted octanol–water partition coefficient (Wildman–Crippen LogP) is 5.88. The number of carbonyl (C=O) groups is 3. The van der Waals surface area contributed by atoms with E-state index in [9.17, 15) is 14.4 Å². The van der Waals surface area contributed by atoms with Gasteiger partial charge in [-0.1, -0.05) is 48.9 Å². The lowest BCUT2D eigenvalue weighted by atomic mass is 9.54. The van der Waals surface area contributed by atoms with Gasteiger partial charge in [0.1, 0.15) is 12.3 Å². The maximum absolute atomic E-state index is 13.2. The molecule has 1 unspecified atom stereocenters. The number of carbonyl (C=O) groups excluding carboxylic acids is 3. The van der Waals surface area contributed by atoms with Crippen LogP contribution in [0, 0.1) is 5.92 Å². The van der Waals surface area contributed by atoms with Crippen molar-refractivity contribution in [3.63, 3.8) is 0 Å². The van der Waals surface area contributed by atoms with Crippen LogP contribution in [-0.2, 0) is 31.0 Å². The minimum atomic E-state index is -0.700. The molecule has 3 fully saturated rings. The van der Waals surface area contributed by atoms with Gasteiger partial charge in [-0.2, -0.15) is 0 Å². The van der Waals surface area contributed by atoms with Gasteiger partial charge in [0.05, 0.1) is 20.1 Å². The van der Waals surface area contributed by atoms with Gasteiger partial charge in [-0.05, 0) is 74.6 Å². The van der Waals surface area contributed by atoms with E-state index in [1.807, 2.05) is 18.2 Å². The molecular formula is C36H49N2O5+. The maximum Gasteiger partial charge on any atom is 0.308 e. The number of aryl methyl sites for hydroxylation is 1. The van der Waals surface area contributed by atoms with Gasteiger partial charge in [0.2, 0.25) is 5.91 Å². The monoisotopic (exact) mass is 589 g/mol. The molecule has 7 heteroatoms. The molecule has 7 nitrogen and oxygen atoms in total. The summed E-state index contributed by atoms with van der Waals surface area (Å²) >= 11 is 0. The first-order valence-corrected chi connectivity index (χ1v) is 16.3. The maximum atomic E-state index is 13.2. The Morgan fingerprint density at radius 3 is 2.44 bits per heavy atom. The second-order valence-electron chi connectivity index (χ2n) is 13.7. The van der Waals surface area contributed by atoms with Gasteiger partial charge in [0.15, 0.2) is 5.60 Å². The number of hydrogen-bond donors (Lipinski definition) is 1. The van der Waals surface area contributed by atoms with Crippen LogP contribution in [0.1, 0.15) is 89.2 Å². The molecule has 43 heavy (non-hydrogen) atoms. The summed E-state index contributed by atoms with van der Waals surface area (Å²) in [5, 5.41) is 3.37. The van der Waals surface area contributed by atoms with E-state index in [4.69, 9.17) is 9.47 Å². The SMILES string of the molecule is CC(=O)Oc1cccc([C@@]23CC[N@+](C)(CC4CC4)CC2(OC(C)=O)CC[C@H](NC(=O)CCCCCc2ccccc2)C3)c1. The largest absolute Gasteiger partial charge is 0.452 e. The van der Waals surface area contributed by atoms with Crippen LogP contribution in [0.3, 0.4) is 0 Å². The molecule has 1 heterocycles. The molecule has 2 saturated carbocycles. The predicted molar refractivity (Wildman–Crippen MR) is 166 cm³/mol. The molecule has 5 rings (SSSR count). The van der Waals surface area contributed by atoms with Gasteiger partial charge in [-0.25, -0.2) is 0 Å². The van der Waals surface area contributed by atoms with Crippen LogP contribution in [-0.4, -0.2) is 60.7 Å². The molecule has 1 saturated heterocycles. The van der Waals surface area contributed by atoms with Gasteiger partial charge in [0, 0.05) is 44.1 Å². The number of likely N-dealkylation sites (N-methyl/N-ethyl adjacent to an activating group) is 1. The van der Waals surface area contributed by atoms with Crippen molar-refractivity contribution in [3.05, 3.63) is 65.7 Å². The highest BCUT2D eigenvalue weighted by molar-refractivity contribution is 5.76. The van der Waals surface area contributed by atoms with Crippen LogP contribution >= 0.6 is 0 Å². The average molecular weight is 590 g/mol. The van der Waals surface area contributed by atoms with Crippen molar-refractivity contribution < 1.29 is 28.3 Å². The van der Waals surface area contributed by atoms with E-state index >= 15 is 0 Å². The van der Waals surface area contributed by atoms with Gasteiger partial charge in [-0.15, -0.1) is 0 Å². The summed E-state index contributed by atoms with van der Waals surface area (Å²) in [6, 6.07) is 18.2. The van der Waals surface area contributed by atoms with E-state index in [-0.39, 0.29) is 23.9 Å². The second-order valence-corrected chi connectivity index (χ2v) is 13.7. The normalized spacial score (nSPS) is 28.4. The number of rotatable bonds is 12. The first kappa shape index (κ1) is 31.2. The fourth-order valence-corrected chi connectivity index (χ4v) is 8.02. The van der Waals surface area contributed by atoms with Crippen LogP contribution in [0.5, 0.6) is 5.75 Å². The molecule has 4 atom stereocenters. The number of quaternary nitrogens is 1. The lowest BCUT2D eigenvalue weighted by molar-refractivity contribution is -0.924. The number of hydrogen-bond acceptors (Lipinski definition) is 5. The summed E-state index contributed by atoms with van der Waals surface area (Å²) in [5.41, 5.74) is 1.16. The third-order valence-corrected chi connectivity index (χ3v) is 10.0. The smallest absolute Gasteiger partial charge is 0.308 e. The van der Waals surface area contributed by atoms with Crippen molar-refractivity contribution in [2.75, 3.05) is 26.7 Å². The van der Waals surface area contributed by atoms with Crippen molar-refractivity contribution >= 4 is 17.8 Å². The van der Waals surface area contributed by atoms with E-state index in [2.05, 4.69) is 42.7 Å². The van der Waals surface area contributed by atoms with Gasteiger partial charge in [0.25, 0.3) is 0 Å². The molecule has 1 N–H and O–H groups in total. The zero-order valence-corrected chi connectivity index (χ0v) is 26.2. The standard InChI is InChI=1S/C36H48N2O5/c1-27(39)42-33-15-10-14-31(23-33)35-21-22-38(3,25-30-17-18-30)26-36(35,43-28(2)40)20-19-32(24-35)37-34(41)16-9-5-8-13-29-11-6-4-7-12-29/h4,6-7,10-12,14-15,23,30,32H,5,8-9,13,16-22,24-26H2,1-3H3/p+1/t32-,35-,36?,38+/m0/s1. The summed E-state index contributed by atoms with van der Waals surface area (Å²) in [6.45, 7) is 5.75. The van der Waals surface area contributed by atoms with Crippen molar-refractivity contribution in [3.8, 4) is 5.75 Å². The molecule has 3 aliphatic rings. The van der Waals surface area contributed by atoms with Crippen molar-refractivity contribution in [1.29, 1.82) is 0 Å². The lowest BCUT2D eigenvalue weighted by Crippen LogP contribution is -2.72. The molecular weight excluding hydrogens is 540 g/mol. The van der Waals surface area contributed by atoms with Crippen molar-refractivity contribution in [2.24, 2.45) is 5.92 Å². The summed E-state index contributed by atoms with van der Waals surface area (Å²) in [6.07, 6.45) is 10.1. The quantitative estimate of drug-likeness (QED) is 0.145. The van der Waals surface area contributed by atoms with E-state index in [0.717, 1.165) is 74.1 Å². The van der Waals surface area contributed by atoms with Crippen LogP contribution in [0.4, 0.5) is 0 Å². The van der Waals surface area contributed by atoms with Crippen molar-refractivity contribution in [1.82, 2.24) is 5.32 Å². The second kappa shape index (κ2) is 13.2. The Balaban J connectivity index is 1.33. The van der Waals surface area contributed by atoms with E-state index in [1.165, 1.54) is 32.3 Å². The topological polar surface area (TPSA) is 81.7 Å². The fraction of sp³-hybridized carbons (Fsp3) is 0.583. The number of esters is 2. The minimum absolute atomic E-state index is 0.0156. The minimum Gasteiger partial charge on any atom is -0.452 e. The molecule has 0 spiro atoms. The zero-order valence-electron chi connectivity index (χ0n) is 26.2. The molecule has 2 aromatic carbocycles.